The topological polar surface area (TPSA) is 39.4 Å². The van der Waals surface area contributed by atoms with E-state index in [1.807, 2.05) is 0 Å². The van der Waals surface area contributed by atoms with Gasteiger partial charge in [0.1, 0.15) is 11.5 Å². The summed E-state index contributed by atoms with van der Waals surface area (Å²) in [5, 5.41) is 0.551. The molecule has 0 radical (unpaired) electrons. The first kappa shape index (κ1) is 11.7. The summed E-state index contributed by atoms with van der Waals surface area (Å²) in [7, 11) is 1.58. The van der Waals surface area contributed by atoms with Gasteiger partial charge in [0.15, 0.2) is 11.5 Å². The zero-order valence-corrected chi connectivity index (χ0v) is 10.2. The van der Waals surface area contributed by atoms with Crippen molar-refractivity contribution in [1.82, 2.24) is 0 Å². The molecule has 4 heteroatoms. The van der Waals surface area contributed by atoms with Gasteiger partial charge in [-0.05, 0) is 30.3 Å². The Labute approximate surface area is 104 Å². The molecule has 0 aliphatic rings. The molecule has 0 unspecified atom stereocenters. The Morgan fingerprint density at radius 1 is 1.29 bits per heavy atom. The fourth-order valence-corrected chi connectivity index (χ4v) is 1.70. The third kappa shape index (κ3) is 2.34. The molecule has 2 rings (SSSR count). The highest BCUT2D eigenvalue weighted by Gasteiger charge is 2.11. The Balaban J connectivity index is 2.47. The van der Waals surface area contributed by atoms with Crippen LogP contribution in [0.5, 0.6) is 5.75 Å². The maximum absolute atomic E-state index is 11.1. The number of carbonyl (C=O) groups is 1. The molecule has 0 amide bonds. The molecule has 0 saturated heterocycles. The number of methoxy groups -OCH3 is 1. The standard InChI is InChI=1S/C13H11ClO3/c1-8(15)12-5-6-13(17-12)10-7-9(16-2)3-4-11(10)14/h3-7H,1-2H3. The SMILES string of the molecule is COc1ccc(Cl)c(-c2ccc(C(C)=O)o2)c1. The number of hydrogen-bond donors (Lipinski definition) is 0. The van der Waals surface area contributed by atoms with Crippen molar-refractivity contribution in [2.45, 2.75) is 6.92 Å². The lowest BCUT2D eigenvalue weighted by molar-refractivity contribution is 0.0988. The fourth-order valence-electron chi connectivity index (χ4n) is 1.49. The van der Waals surface area contributed by atoms with Crippen LogP contribution in [0, 0.1) is 0 Å². The third-order valence-electron chi connectivity index (χ3n) is 2.39. The summed E-state index contributed by atoms with van der Waals surface area (Å²) in [6.07, 6.45) is 0. The molecule has 3 nitrogen and oxygen atoms in total. The Hall–Kier alpha value is -1.74. The second kappa shape index (κ2) is 4.63. The second-order valence-electron chi connectivity index (χ2n) is 3.57. The van der Waals surface area contributed by atoms with E-state index in [9.17, 15) is 4.79 Å². The van der Waals surface area contributed by atoms with Crippen LogP contribution < -0.4 is 4.74 Å². The third-order valence-corrected chi connectivity index (χ3v) is 2.72. The van der Waals surface area contributed by atoms with Crippen LogP contribution in [0.3, 0.4) is 0 Å². The largest absolute Gasteiger partial charge is 0.497 e. The highest BCUT2D eigenvalue weighted by Crippen LogP contribution is 2.32. The second-order valence-corrected chi connectivity index (χ2v) is 3.97. The number of ether oxygens (including phenoxy) is 1. The van der Waals surface area contributed by atoms with E-state index in [0.29, 0.717) is 27.9 Å². The lowest BCUT2D eigenvalue weighted by Gasteiger charge is -2.04. The van der Waals surface area contributed by atoms with Crippen molar-refractivity contribution in [3.8, 4) is 17.1 Å². The molecule has 0 aliphatic carbocycles. The van der Waals surface area contributed by atoms with Crippen LogP contribution in [0.1, 0.15) is 17.5 Å². The lowest BCUT2D eigenvalue weighted by Crippen LogP contribution is -1.87. The summed E-state index contributed by atoms with van der Waals surface area (Å²) >= 11 is 6.08. The van der Waals surface area contributed by atoms with Gasteiger partial charge in [-0.25, -0.2) is 0 Å². The fraction of sp³-hybridized carbons (Fsp3) is 0.154. The van der Waals surface area contributed by atoms with Gasteiger partial charge >= 0.3 is 0 Å². The molecule has 17 heavy (non-hydrogen) atoms. The van der Waals surface area contributed by atoms with Gasteiger partial charge in [0.2, 0.25) is 0 Å². The smallest absolute Gasteiger partial charge is 0.194 e. The summed E-state index contributed by atoms with van der Waals surface area (Å²) in [6, 6.07) is 8.61. The molecule has 0 saturated carbocycles. The van der Waals surface area contributed by atoms with Crippen LogP contribution in [0.15, 0.2) is 34.7 Å². The molecule has 1 heterocycles. The van der Waals surface area contributed by atoms with Gasteiger partial charge < -0.3 is 9.15 Å². The first-order chi connectivity index (χ1) is 8.11. The van der Waals surface area contributed by atoms with Crippen molar-refractivity contribution in [3.63, 3.8) is 0 Å². The maximum atomic E-state index is 11.1. The van der Waals surface area contributed by atoms with Crippen LogP contribution in [-0.4, -0.2) is 12.9 Å². The van der Waals surface area contributed by atoms with E-state index >= 15 is 0 Å². The van der Waals surface area contributed by atoms with E-state index < -0.39 is 0 Å². The van der Waals surface area contributed by atoms with E-state index in [0.717, 1.165) is 0 Å². The Morgan fingerprint density at radius 3 is 2.65 bits per heavy atom. The predicted octanol–water partition coefficient (Wildman–Crippen LogP) is 3.81. The van der Waals surface area contributed by atoms with Crippen molar-refractivity contribution in [3.05, 3.63) is 41.1 Å². The lowest BCUT2D eigenvalue weighted by atomic mass is 10.1. The normalized spacial score (nSPS) is 10.3. The van der Waals surface area contributed by atoms with Gasteiger partial charge in [-0.2, -0.15) is 0 Å². The van der Waals surface area contributed by atoms with Crippen molar-refractivity contribution >= 4 is 17.4 Å². The first-order valence-corrected chi connectivity index (χ1v) is 5.44. The molecular formula is C13H11ClO3. The summed E-state index contributed by atoms with van der Waals surface area (Å²) in [5.41, 5.74) is 0.707. The molecule has 0 atom stereocenters. The zero-order valence-electron chi connectivity index (χ0n) is 9.49. The van der Waals surface area contributed by atoms with Crippen LogP contribution in [-0.2, 0) is 0 Å². The van der Waals surface area contributed by atoms with Crippen LogP contribution in [0.2, 0.25) is 5.02 Å². The first-order valence-electron chi connectivity index (χ1n) is 5.06. The van der Waals surface area contributed by atoms with E-state index in [1.54, 1.807) is 37.4 Å². The van der Waals surface area contributed by atoms with Gasteiger partial charge in [-0.15, -0.1) is 0 Å². The Kier molecular flexibility index (Phi) is 3.20. The number of hydrogen-bond acceptors (Lipinski definition) is 3. The number of halogens is 1. The Morgan fingerprint density at radius 2 is 2.06 bits per heavy atom. The number of furan rings is 1. The van der Waals surface area contributed by atoms with Gasteiger partial charge in [-0.3, -0.25) is 4.79 Å². The highest BCUT2D eigenvalue weighted by molar-refractivity contribution is 6.33. The molecule has 1 aromatic heterocycles. The molecule has 0 bridgehead atoms. The van der Waals surface area contributed by atoms with E-state index in [4.69, 9.17) is 20.8 Å². The Bertz CT molecular complexity index is 558. The quantitative estimate of drug-likeness (QED) is 0.778. The van der Waals surface area contributed by atoms with Gasteiger partial charge in [0, 0.05) is 12.5 Å². The minimum absolute atomic E-state index is 0.115. The average molecular weight is 251 g/mol. The number of benzene rings is 1. The summed E-state index contributed by atoms with van der Waals surface area (Å²) in [4.78, 5) is 11.1. The molecule has 88 valence electrons. The molecule has 1 aromatic carbocycles. The number of Topliss-reactive ketones (excluding diaryl/α,β-unsaturated/α-hetero) is 1. The minimum Gasteiger partial charge on any atom is -0.497 e. The van der Waals surface area contributed by atoms with E-state index in [-0.39, 0.29) is 5.78 Å². The molecule has 0 fully saturated rings. The molecule has 0 N–H and O–H groups in total. The summed E-state index contributed by atoms with van der Waals surface area (Å²) in [6.45, 7) is 1.45. The van der Waals surface area contributed by atoms with Gasteiger partial charge in [0.05, 0.1) is 12.1 Å². The molecule has 0 aliphatic heterocycles. The maximum Gasteiger partial charge on any atom is 0.194 e. The number of rotatable bonds is 3. The molecule has 2 aromatic rings. The zero-order chi connectivity index (χ0) is 12.4. The molecular weight excluding hydrogens is 240 g/mol. The number of ketones is 1. The van der Waals surface area contributed by atoms with Gasteiger partial charge in [0.25, 0.3) is 0 Å². The minimum atomic E-state index is -0.115. The molecule has 0 spiro atoms. The number of carbonyl (C=O) groups excluding carboxylic acids is 1. The van der Waals surface area contributed by atoms with Crippen molar-refractivity contribution < 1.29 is 13.9 Å². The summed E-state index contributed by atoms with van der Waals surface area (Å²) < 4.78 is 10.5. The van der Waals surface area contributed by atoms with E-state index in [2.05, 4.69) is 0 Å². The van der Waals surface area contributed by atoms with E-state index in [1.165, 1.54) is 6.92 Å². The predicted molar refractivity (Wildman–Crippen MR) is 65.7 cm³/mol. The van der Waals surface area contributed by atoms with Crippen molar-refractivity contribution in [2.24, 2.45) is 0 Å². The summed E-state index contributed by atoms with van der Waals surface area (Å²) in [5.74, 6) is 1.44. The van der Waals surface area contributed by atoms with Crippen molar-refractivity contribution in [1.29, 1.82) is 0 Å². The average Bonchev–Trinajstić information content (AvgIpc) is 2.79. The van der Waals surface area contributed by atoms with Crippen LogP contribution in [0.25, 0.3) is 11.3 Å². The van der Waals surface area contributed by atoms with Crippen molar-refractivity contribution in [2.75, 3.05) is 7.11 Å². The van der Waals surface area contributed by atoms with Gasteiger partial charge in [-0.1, -0.05) is 11.6 Å². The highest BCUT2D eigenvalue weighted by atomic mass is 35.5. The van der Waals surface area contributed by atoms with Crippen LogP contribution >= 0.6 is 11.6 Å². The monoisotopic (exact) mass is 250 g/mol. The van der Waals surface area contributed by atoms with Crippen LogP contribution in [0.4, 0.5) is 0 Å².